The number of anilines is 1. The maximum absolute atomic E-state index is 13.6. The molecule has 3 rings (SSSR count). The Labute approximate surface area is 129 Å². The van der Waals surface area contributed by atoms with Gasteiger partial charge in [-0.25, -0.2) is 4.39 Å². The second-order valence-corrected chi connectivity index (χ2v) is 5.66. The summed E-state index contributed by atoms with van der Waals surface area (Å²) in [4.78, 5) is 14.4. The van der Waals surface area contributed by atoms with Crippen molar-refractivity contribution < 1.29 is 9.18 Å². The van der Waals surface area contributed by atoms with E-state index in [1.165, 1.54) is 6.07 Å². The van der Waals surface area contributed by atoms with Crippen molar-refractivity contribution in [1.82, 2.24) is 5.32 Å². The van der Waals surface area contributed by atoms with Gasteiger partial charge in [-0.2, -0.15) is 0 Å². The molecular weight excluding hydrogens is 279 g/mol. The monoisotopic (exact) mass is 298 g/mol. The Morgan fingerprint density at radius 1 is 1.23 bits per heavy atom. The summed E-state index contributed by atoms with van der Waals surface area (Å²) in [7, 11) is 2.05. The van der Waals surface area contributed by atoms with E-state index in [9.17, 15) is 9.18 Å². The topological polar surface area (TPSA) is 32.3 Å². The van der Waals surface area contributed by atoms with Gasteiger partial charge in [-0.15, -0.1) is 0 Å². The molecule has 1 heterocycles. The van der Waals surface area contributed by atoms with E-state index in [0.717, 1.165) is 24.2 Å². The molecule has 0 saturated heterocycles. The predicted octanol–water partition coefficient (Wildman–Crippen LogP) is 3.07. The zero-order valence-corrected chi connectivity index (χ0v) is 12.6. The van der Waals surface area contributed by atoms with Crippen LogP contribution in [0.1, 0.15) is 23.6 Å². The minimum absolute atomic E-state index is 0.00771. The van der Waals surface area contributed by atoms with Crippen molar-refractivity contribution in [3.63, 3.8) is 0 Å². The minimum atomic E-state index is -0.332. The van der Waals surface area contributed by atoms with Crippen LogP contribution in [0, 0.1) is 5.82 Å². The van der Waals surface area contributed by atoms with Gasteiger partial charge in [0, 0.05) is 19.3 Å². The van der Waals surface area contributed by atoms with E-state index < -0.39 is 0 Å². The minimum Gasteiger partial charge on any atom is -0.374 e. The molecule has 0 spiro atoms. The summed E-state index contributed by atoms with van der Waals surface area (Å²) in [5, 5.41) is 3.04. The molecule has 0 aliphatic carbocycles. The highest BCUT2D eigenvalue weighted by atomic mass is 19.1. The van der Waals surface area contributed by atoms with E-state index in [4.69, 9.17) is 0 Å². The number of amides is 1. The zero-order valence-electron chi connectivity index (χ0n) is 12.6. The molecule has 4 heteroatoms. The van der Waals surface area contributed by atoms with Gasteiger partial charge in [0.1, 0.15) is 5.82 Å². The molecule has 0 bridgehead atoms. The lowest BCUT2D eigenvalue weighted by molar-refractivity contribution is -0.121. The molecule has 1 amide bonds. The highest BCUT2D eigenvalue weighted by molar-refractivity contribution is 5.79. The largest absolute Gasteiger partial charge is 0.374 e. The van der Waals surface area contributed by atoms with Gasteiger partial charge in [0.2, 0.25) is 5.91 Å². The smallest absolute Gasteiger partial charge is 0.225 e. The van der Waals surface area contributed by atoms with Gasteiger partial charge in [0.25, 0.3) is 0 Å². The van der Waals surface area contributed by atoms with Crippen LogP contribution in [0.2, 0.25) is 0 Å². The Morgan fingerprint density at radius 3 is 2.77 bits per heavy atom. The highest BCUT2D eigenvalue weighted by Gasteiger charge is 2.24. The molecule has 1 atom stereocenters. The van der Waals surface area contributed by atoms with Gasteiger partial charge in [-0.3, -0.25) is 4.79 Å². The molecule has 3 nitrogen and oxygen atoms in total. The lowest BCUT2D eigenvalue weighted by Crippen LogP contribution is -2.37. The second kappa shape index (κ2) is 6.18. The summed E-state index contributed by atoms with van der Waals surface area (Å²) in [5.74, 6) is -0.476. The fourth-order valence-electron chi connectivity index (χ4n) is 2.94. The first-order chi connectivity index (χ1) is 10.6. The van der Waals surface area contributed by atoms with Crippen LogP contribution in [0.4, 0.5) is 10.1 Å². The number of nitrogens with one attached hydrogen (secondary N) is 1. The average Bonchev–Trinajstić information content (AvgIpc) is 2.53. The predicted molar refractivity (Wildman–Crippen MR) is 85.3 cm³/mol. The quantitative estimate of drug-likeness (QED) is 0.944. The molecule has 0 saturated carbocycles. The summed E-state index contributed by atoms with van der Waals surface area (Å²) in [6.07, 6.45) is 0.928. The summed E-state index contributed by atoms with van der Waals surface area (Å²) >= 11 is 0. The number of carbonyl (C=O) groups excluding carboxylic acids is 1. The van der Waals surface area contributed by atoms with Crippen molar-refractivity contribution in [2.24, 2.45) is 0 Å². The lowest BCUT2D eigenvalue weighted by Gasteiger charge is -2.33. The van der Waals surface area contributed by atoms with E-state index in [1.807, 2.05) is 18.2 Å². The van der Waals surface area contributed by atoms with Gasteiger partial charge in [0.15, 0.2) is 0 Å². The van der Waals surface area contributed by atoms with Gasteiger partial charge in [-0.05, 0) is 29.7 Å². The standard InChI is InChI=1S/C18H19FN2O/c1-21-11-10-16(14-7-3-5-9-17(14)21)20-18(22)12-13-6-2-4-8-15(13)19/h2-9,16H,10-12H2,1H3,(H,20,22). The van der Waals surface area contributed by atoms with Crippen LogP contribution in [-0.4, -0.2) is 19.5 Å². The summed E-state index contributed by atoms with van der Waals surface area (Å²) in [6.45, 7) is 0.891. The third kappa shape index (κ3) is 2.96. The number of halogens is 1. The van der Waals surface area contributed by atoms with Crippen molar-refractivity contribution in [2.45, 2.75) is 18.9 Å². The normalized spacial score (nSPS) is 17.0. The van der Waals surface area contributed by atoms with Crippen LogP contribution >= 0.6 is 0 Å². The molecule has 1 N–H and O–H groups in total. The highest BCUT2D eigenvalue weighted by Crippen LogP contribution is 2.32. The zero-order chi connectivity index (χ0) is 15.5. The Hall–Kier alpha value is -2.36. The molecule has 0 radical (unpaired) electrons. The van der Waals surface area contributed by atoms with Crippen LogP contribution in [-0.2, 0) is 11.2 Å². The molecule has 2 aromatic rings. The Morgan fingerprint density at radius 2 is 1.95 bits per heavy atom. The fraction of sp³-hybridized carbons (Fsp3) is 0.278. The SMILES string of the molecule is CN1CCC(NC(=O)Cc2ccccc2F)c2ccccc21. The number of benzene rings is 2. The van der Waals surface area contributed by atoms with Crippen LogP contribution in [0.15, 0.2) is 48.5 Å². The number of carbonyl (C=O) groups is 1. The molecule has 1 unspecified atom stereocenters. The first-order valence-corrected chi connectivity index (χ1v) is 7.48. The van der Waals surface area contributed by atoms with E-state index in [2.05, 4.69) is 23.3 Å². The third-order valence-electron chi connectivity index (χ3n) is 4.12. The second-order valence-electron chi connectivity index (χ2n) is 5.66. The van der Waals surface area contributed by atoms with Gasteiger partial charge in [0.05, 0.1) is 12.5 Å². The van der Waals surface area contributed by atoms with Crippen molar-refractivity contribution in [2.75, 3.05) is 18.5 Å². The number of hydrogen-bond donors (Lipinski definition) is 1. The summed E-state index contributed by atoms with van der Waals surface area (Å²) in [5.41, 5.74) is 2.70. The molecule has 22 heavy (non-hydrogen) atoms. The first kappa shape index (κ1) is 14.6. The third-order valence-corrected chi connectivity index (χ3v) is 4.12. The molecule has 1 aliphatic heterocycles. The molecule has 0 fully saturated rings. The van der Waals surface area contributed by atoms with Gasteiger partial charge in [-0.1, -0.05) is 36.4 Å². The van der Waals surface area contributed by atoms with Crippen LogP contribution < -0.4 is 10.2 Å². The van der Waals surface area contributed by atoms with Crippen molar-refractivity contribution in [1.29, 1.82) is 0 Å². The molecule has 114 valence electrons. The van der Waals surface area contributed by atoms with Gasteiger partial charge < -0.3 is 10.2 Å². The van der Waals surface area contributed by atoms with Gasteiger partial charge >= 0.3 is 0 Å². The average molecular weight is 298 g/mol. The number of nitrogens with zero attached hydrogens (tertiary/aromatic N) is 1. The number of hydrogen-bond acceptors (Lipinski definition) is 2. The lowest BCUT2D eigenvalue weighted by atomic mass is 9.96. The van der Waals surface area contributed by atoms with E-state index in [1.54, 1.807) is 18.2 Å². The first-order valence-electron chi connectivity index (χ1n) is 7.48. The molecular formula is C18H19FN2O. The van der Waals surface area contributed by atoms with Crippen molar-refractivity contribution in [3.8, 4) is 0 Å². The van der Waals surface area contributed by atoms with E-state index in [-0.39, 0.29) is 24.2 Å². The Kier molecular flexibility index (Phi) is 4.09. The maximum atomic E-state index is 13.6. The van der Waals surface area contributed by atoms with Crippen LogP contribution in [0.5, 0.6) is 0 Å². The van der Waals surface area contributed by atoms with Crippen molar-refractivity contribution >= 4 is 11.6 Å². The van der Waals surface area contributed by atoms with E-state index >= 15 is 0 Å². The molecule has 2 aromatic carbocycles. The van der Waals surface area contributed by atoms with Crippen LogP contribution in [0.25, 0.3) is 0 Å². The number of rotatable bonds is 3. The number of fused-ring (bicyclic) bond motifs is 1. The summed E-state index contributed by atoms with van der Waals surface area (Å²) < 4.78 is 13.6. The maximum Gasteiger partial charge on any atom is 0.225 e. The Balaban J connectivity index is 1.73. The van der Waals surface area contributed by atoms with E-state index in [0.29, 0.717) is 5.56 Å². The summed E-state index contributed by atoms with van der Waals surface area (Å²) in [6, 6.07) is 14.5. The number of para-hydroxylation sites is 1. The van der Waals surface area contributed by atoms with Crippen LogP contribution in [0.3, 0.4) is 0 Å². The molecule has 0 aromatic heterocycles. The van der Waals surface area contributed by atoms with Crippen molar-refractivity contribution in [3.05, 3.63) is 65.5 Å². The Bertz CT molecular complexity index is 686. The fourth-order valence-corrected chi connectivity index (χ4v) is 2.94. The molecule has 1 aliphatic rings.